The number of sulfone groups is 1. The summed E-state index contributed by atoms with van der Waals surface area (Å²) >= 11 is 5.87. The Bertz CT molecular complexity index is 1030. The van der Waals surface area contributed by atoms with Crippen LogP contribution in [0.3, 0.4) is 0 Å². The molecule has 0 aliphatic rings. The van der Waals surface area contributed by atoms with Crippen LogP contribution in [0, 0.1) is 0 Å². The van der Waals surface area contributed by atoms with Crippen molar-refractivity contribution < 1.29 is 13.2 Å². The average Bonchev–Trinajstić information content (AvgIpc) is 2.70. The molecule has 0 bridgehead atoms. The summed E-state index contributed by atoms with van der Waals surface area (Å²) in [5, 5.41) is 4.75. The van der Waals surface area contributed by atoms with Crippen molar-refractivity contribution in [3.63, 3.8) is 0 Å². The molecule has 28 heavy (non-hydrogen) atoms. The molecule has 1 heterocycles. The van der Waals surface area contributed by atoms with Gasteiger partial charge in [0.2, 0.25) is 0 Å². The highest BCUT2D eigenvalue weighted by atomic mass is 35.5. The van der Waals surface area contributed by atoms with Crippen LogP contribution in [0.2, 0.25) is 5.02 Å². The molecule has 2 N–H and O–H groups in total. The SMILES string of the molecule is O=C(NCC(c1cccnc1)S(=O)(=O)c1ccc(Cl)cc1)Nc1ccccc1. The maximum atomic E-state index is 13.2. The Morgan fingerprint density at radius 1 is 1.00 bits per heavy atom. The Hall–Kier alpha value is -2.90. The molecule has 0 spiro atoms. The summed E-state index contributed by atoms with van der Waals surface area (Å²) in [6.45, 7) is -0.116. The molecule has 3 rings (SSSR count). The number of benzene rings is 2. The first-order valence-corrected chi connectivity index (χ1v) is 10.4. The fourth-order valence-corrected chi connectivity index (χ4v) is 4.41. The standard InChI is InChI=1S/C20H18ClN3O3S/c21-16-8-10-18(11-9-16)28(26,27)19(15-5-4-12-22-13-15)14-23-20(25)24-17-6-2-1-3-7-17/h1-13,19H,14H2,(H2,23,24,25). The smallest absolute Gasteiger partial charge is 0.319 e. The van der Waals surface area contributed by atoms with Gasteiger partial charge in [-0.15, -0.1) is 0 Å². The average molecular weight is 416 g/mol. The van der Waals surface area contributed by atoms with E-state index in [9.17, 15) is 13.2 Å². The topological polar surface area (TPSA) is 88.2 Å². The largest absolute Gasteiger partial charge is 0.336 e. The van der Waals surface area contributed by atoms with Gasteiger partial charge in [-0.1, -0.05) is 35.9 Å². The number of urea groups is 1. The predicted octanol–water partition coefficient (Wildman–Crippen LogP) is 4.07. The van der Waals surface area contributed by atoms with Crippen molar-refractivity contribution in [1.29, 1.82) is 0 Å². The highest BCUT2D eigenvalue weighted by Gasteiger charge is 2.29. The van der Waals surface area contributed by atoms with Gasteiger partial charge in [-0.25, -0.2) is 13.2 Å². The summed E-state index contributed by atoms with van der Waals surface area (Å²) in [5.74, 6) is 0. The molecule has 0 aliphatic carbocycles. The minimum Gasteiger partial charge on any atom is -0.336 e. The van der Waals surface area contributed by atoms with Crippen molar-refractivity contribution in [3.05, 3.63) is 89.7 Å². The first kappa shape index (κ1) is 19.9. The van der Waals surface area contributed by atoms with Gasteiger partial charge in [0, 0.05) is 29.6 Å². The van der Waals surface area contributed by atoms with Crippen LogP contribution in [0.5, 0.6) is 0 Å². The third-order valence-electron chi connectivity index (χ3n) is 4.05. The van der Waals surface area contributed by atoms with E-state index in [-0.39, 0.29) is 11.4 Å². The summed E-state index contributed by atoms with van der Waals surface area (Å²) in [6, 6.07) is 17.7. The number of pyridine rings is 1. The lowest BCUT2D eigenvalue weighted by atomic mass is 10.2. The van der Waals surface area contributed by atoms with E-state index in [4.69, 9.17) is 11.6 Å². The maximum absolute atomic E-state index is 13.2. The van der Waals surface area contributed by atoms with E-state index in [0.717, 1.165) is 0 Å². The highest BCUT2D eigenvalue weighted by molar-refractivity contribution is 7.91. The molecule has 0 fully saturated rings. The van der Waals surface area contributed by atoms with Gasteiger partial charge >= 0.3 is 6.03 Å². The lowest BCUT2D eigenvalue weighted by Crippen LogP contribution is -2.35. The van der Waals surface area contributed by atoms with E-state index in [0.29, 0.717) is 16.3 Å². The summed E-state index contributed by atoms with van der Waals surface area (Å²) < 4.78 is 26.3. The molecule has 1 atom stereocenters. The Labute approximate surface area is 168 Å². The molecule has 144 valence electrons. The van der Waals surface area contributed by atoms with Crippen LogP contribution >= 0.6 is 11.6 Å². The van der Waals surface area contributed by atoms with Crippen molar-refractivity contribution in [2.75, 3.05) is 11.9 Å². The zero-order valence-corrected chi connectivity index (χ0v) is 16.3. The number of hydrogen-bond donors (Lipinski definition) is 2. The fraction of sp³-hybridized carbons (Fsp3) is 0.100. The minimum atomic E-state index is -3.78. The molecule has 1 aromatic heterocycles. The van der Waals surface area contributed by atoms with Crippen molar-refractivity contribution in [1.82, 2.24) is 10.3 Å². The molecule has 2 amide bonds. The molecule has 3 aromatic rings. The Morgan fingerprint density at radius 2 is 1.71 bits per heavy atom. The van der Waals surface area contributed by atoms with Crippen LogP contribution < -0.4 is 10.6 Å². The zero-order chi connectivity index (χ0) is 20.0. The van der Waals surface area contributed by atoms with Crippen molar-refractivity contribution in [3.8, 4) is 0 Å². The van der Waals surface area contributed by atoms with Crippen LogP contribution in [0.15, 0.2) is 84.0 Å². The lowest BCUT2D eigenvalue weighted by molar-refractivity contribution is 0.252. The third kappa shape index (κ3) is 4.88. The molecular weight excluding hydrogens is 398 g/mol. The van der Waals surface area contributed by atoms with E-state index < -0.39 is 21.1 Å². The Kier molecular flexibility index (Phi) is 6.28. The van der Waals surface area contributed by atoms with Crippen molar-refractivity contribution in [2.45, 2.75) is 10.1 Å². The van der Waals surface area contributed by atoms with Crippen molar-refractivity contribution in [2.24, 2.45) is 0 Å². The first-order chi connectivity index (χ1) is 13.5. The van der Waals surface area contributed by atoms with E-state index in [2.05, 4.69) is 15.6 Å². The van der Waals surface area contributed by atoms with Crippen LogP contribution in [-0.2, 0) is 9.84 Å². The molecular formula is C20H18ClN3O3S. The van der Waals surface area contributed by atoms with Crippen LogP contribution in [0.25, 0.3) is 0 Å². The van der Waals surface area contributed by atoms with Gasteiger partial charge in [-0.3, -0.25) is 4.98 Å². The van der Waals surface area contributed by atoms with Gasteiger partial charge in [-0.05, 0) is 48.0 Å². The van der Waals surface area contributed by atoms with Crippen LogP contribution in [-0.4, -0.2) is 26.0 Å². The molecule has 0 saturated carbocycles. The molecule has 8 heteroatoms. The van der Waals surface area contributed by atoms with Crippen LogP contribution in [0.1, 0.15) is 10.8 Å². The fourth-order valence-electron chi connectivity index (χ4n) is 2.64. The minimum absolute atomic E-state index is 0.116. The monoisotopic (exact) mass is 415 g/mol. The molecule has 2 aromatic carbocycles. The lowest BCUT2D eigenvalue weighted by Gasteiger charge is -2.19. The molecule has 6 nitrogen and oxygen atoms in total. The second kappa shape index (κ2) is 8.86. The summed E-state index contributed by atoms with van der Waals surface area (Å²) in [7, 11) is -3.78. The number of anilines is 1. The molecule has 0 saturated heterocycles. The van der Waals surface area contributed by atoms with Gasteiger partial charge in [0.1, 0.15) is 5.25 Å². The van der Waals surface area contributed by atoms with E-state index in [1.165, 1.54) is 30.5 Å². The summed E-state index contributed by atoms with van der Waals surface area (Å²) in [6.07, 6.45) is 3.04. The van der Waals surface area contributed by atoms with Gasteiger partial charge in [0.25, 0.3) is 0 Å². The second-order valence-corrected chi connectivity index (χ2v) is 8.54. The van der Waals surface area contributed by atoms with Crippen LogP contribution in [0.4, 0.5) is 10.5 Å². The second-order valence-electron chi connectivity index (χ2n) is 5.97. The Balaban J connectivity index is 1.82. The number of hydrogen-bond acceptors (Lipinski definition) is 4. The molecule has 1 unspecified atom stereocenters. The maximum Gasteiger partial charge on any atom is 0.319 e. The van der Waals surface area contributed by atoms with Gasteiger partial charge < -0.3 is 10.6 Å². The number of aromatic nitrogens is 1. The molecule has 0 radical (unpaired) electrons. The number of rotatable bonds is 6. The number of halogens is 1. The van der Waals surface area contributed by atoms with Crippen molar-refractivity contribution >= 4 is 33.2 Å². The number of para-hydroxylation sites is 1. The van der Waals surface area contributed by atoms with E-state index in [1.54, 1.807) is 42.6 Å². The van der Waals surface area contributed by atoms with Gasteiger partial charge in [-0.2, -0.15) is 0 Å². The number of carbonyl (C=O) groups is 1. The summed E-state index contributed by atoms with van der Waals surface area (Å²) in [5.41, 5.74) is 1.09. The first-order valence-electron chi connectivity index (χ1n) is 8.46. The van der Waals surface area contributed by atoms with E-state index in [1.807, 2.05) is 6.07 Å². The molecule has 0 aliphatic heterocycles. The number of nitrogens with one attached hydrogen (secondary N) is 2. The number of nitrogens with zero attached hydrogens (tertiary/aromatic N) is 1. The quantitative estimate of drug-likeness (QED) is 0.635. The van der Waals surface area contributed by atoms with E-state index >= 15 is 0 Å². The zero-order valence-electron chi connectivity index (χ0n) is 14.7. The summed E-state index contributed by atoms with van der Waals surface area (Å²) in [4.78, 5) is 16.3. The van der Waals surface area contributed by atoms with Gasteiger partial charge in [0.15, 0.2) is 9.84 Å². The number of carbonyl (C=O) groups excluding carboxylic acids is 1. The highest BCUT2D eigenvalue weighted by Crippen LogP contribution is 2.28. The third-order valence-corrected chi connectivity index (χ3v) is 6.42. The Morgan fingerprint density at radius 3 is 2.36 bits per heavy atom. The normalized spacial score (nSPS) is 12.2. The van der Waals surface area contributed by atoms with Gasteiger partial charge in [0.05, 0.1) is 4.90 Å². The number of amides is 2. The predicted molar refractivity (Wildman–Crippen MR) is 109 cm³/mol.